The number of benzene rings is 1. The lowest BCUT2D eigenvalue weighted by atomic mass is 9.88. The third kappa shape index (κ3) is 7.08. The van der Waals surface area contributed by atoms with E-state index in [1.54, 1.807) is 0 Å². The third-order valence-corrected chi connectivity index (χ3v) is 7.71. The maximum Gasteiger partial charge on any atom is 0.230 e. The number of H-pyrrole nitrogens is 1. The van der Waals surface area contributed by atoms with Crippen LogP contribution < -0.4 is 10.2 Å². The van der Waals surface area contributed by atoms with Gasteiger partial charge in [0.05, 0.1) is 15.9 Å². The SMILES string of the molecule is CC(C)(C)Cc1c(SC(C)(C)C)[nH]c2c(N3CCC(CCNC(=O)CBr)CC3)c(O)ccc12. The molecule has 0 atom stereocenters. The van der Waals surface area contributed by atoms with Crippen molar-refractivity contribution in [2.24, 2.45) is 11.3 Å². The minimum absolute atomic E-state index is 0.0470. The third-order valence-electron chi connectivity index (χ3n) is 6.04. The smallest absolute Gasteiger partial charge is 0.230 e. The molecule has 1 saturated heterocycles. The molecule has 0 bridgehead atoms. The second-order valence-corrected chi connectivity index (χ2v) is 13.8. The first kappa shape index (κ1) is 26.3. The Bertz CT molecular complexity index is 967. The number of hydrogen-bond donors (Lipinski definition) is 3. The van der Waals surface area contributed by atoms with Gasteiger partial charge in [-0.05, 0) is 54.7 Å². The van der Waals surface area contributed by atoms with Crippen LogP contribution in [0.15, 0.2) is 17.2 Å². The molecule has 7 heteroatoms. The Morgan fingerprint density at radius 3 is 2.45 bits per heavy atom. The van der Waals surface area contributed by atoms with E-state index in [2.05, 4.69) is 78.7 Å². The average Bonchev–Trinajstić information content (AvgIpc) is 3.02. The number of carbonyl (C=O) groups excluding carboxylic acids is 1. The van der Waals surface area contributed by atoms with Crippen molar-refractivity contribution in [3.8, 4) is 5.75 Å². The number of phenolic OH excluding ortho intramolecular Hbond substituents is 1. The zero-order valence-corrected chi connectivity index (χ0v) is 23.4. The van der Waals surface area contributed by atoms with Gasteiger partial charge in [-0.25, -0.2) is 0 Å². The molecule has 3 N–H and O–H groups in total. The molecule has 0 unspecified atom stereocenters. The van der Waals surface area contributed by atoms with Crippen molar-refractivity contribution < 1.29 is 9.90 Å². The highest BCUT2D eigenvalue weighted by Crippen LogP contribution is 2.45. The molecule has 1 aromatic heterocycles. The molecule has 2 heterocycles. The minimum Gasteiger partial charge on any atom is -0.506 e. The van der Waals surface area contributed by atoms with Gasteiger partial charge in [-0.15, -0.1) is 11.8 Å². The van der Waals surface area contributed by atoms with Gasteiger partial charge >= 0.3 is 0 Å². The van der Waals surface area contributed by atoms with Crippen LogP contribution in [0.25, 0.3) is 10.9 Å². The first-order valence-corrected chi connectivity index (χ1v) is 13.9. The highest BCUT2D eigenvalue weighted by atomic mass is 79.9. The van der Waals surface area contributed by atoms with Gasteiger partial charge < -0.3 is 20.3 Å². The molecule has 0 aliphatic carbocycles. The van der Waals surface area contributed by atoms with Crippen LogP contribution in [-0.4, -0.2) is 45.7 Å². The van der Waals surface area contributed by atoms with Crippen LogP contribution in [0.3, 0.4) is 0 Å². The number of nitrogens with one attached hydrogen (secondary N) is 2. The van der Waals surface area contributed by atoms with E-state index in [4.69, 9.17) is 0 Å². The number of anilines is 1. The molecule has 1 fully saturated rings. The van der Waals surface area contributed by atoms with Crippen LogP contribution in [-0.2, 0) is 11.2 Å². The minimum atomic E-state index is 0.0470. The lowest BCUT2D eigenvalue weighted by molar-refractivity contribution is -0.118. The Kier molecular flexibility index (Phi) is 8.37. The number of amides is 1. The number of aromatic amines is 1. The maximum atomic E-state index is 11.5. The monoisotopic (exact) mass is 537 g/mol. The summed E-state index contributed by atoms with van der Waals surface area (Å²) >= 11 is 5.07. The van der Waals surface area contributed by atoms with E-state index in [0.29, 0.717) is 17.0 Å². The summed E-state index contributed by atoms with van der Waals surface area (Å²) in [6, 6.07) is 3.95. The standard InChI is InChI=1S/C26H40BrN3O2S/c1-25(2,3)15-19-18-7-8-20(31)23(22(18)29-24(19)33-26(4,5)6)30-13-10-17(11-14-30)9-12-28-21(32)16-27/h7-8,17,29,31H,9-16H2,1-6H3,(H,28,32). The summed E-state index contributed by atoms with van der Waals surface area (Å²) in [5, 5.41) is 16.7. The zero-order valence-electron chi connectivity index (χ0n) is 21.0. The van der Waals surface area contributed by atoms with Crippen molar-refractivity contribution in [3.05, 3.63) is 17.7 Å². The number of rotatable bonds is 7. The number of nitrogens with zero attached hydrogens (tertiary/aromatic N) is 1. The summed E-state index contributed by atoms with van der Waals surface area (Å²) in [4.78, 5) is 17.5. The Morgan fingerprint density at radius 2 is 1.88 bits per heavy atom. The van der Waals surface area contributed by atoms with Crippen LogP contribution in [0.1, 0.15) is 66.4 Å². The van der Waals surface area contributed by atoms with Crippen LogP contribution >= 0.6 is 27.7 Å². The van der Waals surface area contributed by atoms with Gasteiger partial charge in [0, 0.05) is 29.8 Å². The topological polar surface area (TPSA) is 68.4 Å². The normalized spacial score (nSPS) is 15.9. The fourth-order valence-corrected chi connectivity index (χ4v) is 5.87. The van der Waals surface area contributed by atoms with Crippen molar-refractivity contribution in [2.45, 2.75) is 77.0 Å². The molecule has 0 spiro atoms. The summed E-state index contributed by atoms with van der Waals surface area (Å²) < 4.78 is 0.0955. The van der Waals surface area contributed by atoms with Crippen molar-refractivity contribution in [3.63, 3.8) is 0 Å². The Balaban J connectivity index is 1.85. The summed E-state index contributed by atoms with van der Waals surface area (Å²) in [6.45, 7) is 16.1. The van der Waals surface area contributed by atoms with Crippen LogP contribution in [0.5, 0.6) is 5.75 Å². The molecule has 1 aromatic carbocycles. The van der Waals surface area contributed by atoms with Gasteiger partial charge in [-0.3, -0.25) is 4.79 Å². The first-order chi connectivity index (χ1) is 15.4. The number of carbonyl (C=O) groups is 1. The van der Waals surface area contributed by atoms with Crippen LogP contribution in [0, 0.1) is 11.3 Å². The summed E-state index contributed by atoms with van der Waals surface area (Å²) in [5.74, 6) is 0.998. The molecular formula is C26H40BrN3O2S. The van der Waals surface area contributed by atoms with Crippen molar-refractivity contribution in [1.29, 1.82) is 0 Å². The van der Waals surface area contributed by atoms with Gasteiger partial charge in [0.25, 0.3) is 0 Å². The lowest BCUT2D eigenvalue weighted by Crippen LogP contribution is -2.35. The largest absolute Gasteiger partial charge is 0.506 e. The number of thioether (sulfide) groups is 1. The summed E-state index contributed by atoms with van der Waals surface area (Å²) in [6.07, 6.45) is 4.13. The molecule has 0 radical (unpaired) electrons. The predicted octanol–water partition coefficient (Wildman–Crippen LogP) is 6.47. The lowest BCUT2D eigenvalue weighted by Gasteiger charge is -2.34. The molecule has 184 valence electrons. The molecule has 1 aliphatic heterocycles. The second-order valence-electron chi connectivity index (χ2n) is 11.4. The van der Waals surface area contributed by atoms with E-state index in [-0.39, 0.29) is 16.1 Å². The number of fused-ring (bicyclic) bond motifs is 1. The maximum absolute atomic E-state index is 11.5. The zero-order chi connectivity index (χ0) is 24.4. The predicted molar refractivity (Wildman–Crippen MR) is 145 cm³/mol. The Morgan fingerprint density at radius 1 is 1.21 bits per heavy atom. The van der Waals surface area contributed by atoms with E-state index >= 15 is 0 Å². The fraction of sp³-hybridized carbons (Fsp3) is 0.654. The van der Waals surface area contributed by atoms with Crippen molar-refractivity contribution >= 4 is 50.2 Å². The molecule has 33 heavy (non-hydrogen) atoms. The quantitative estimate of drug-likeness (QED) is 0.279. The van der Waals surface area contributed by atoms with Gasteiger partial charge in [0.2, 0.25) is 5.91 Å². The van der Waals surface area contributed by atoms with Crippen molar-refractivity contribution in [1.82, 2.24) is 10.3 Å². The molecule has 1 aliphatic rings. The number of halogens is 1. The summed E-state index contributed by atoms with van der Waals surface area (Å²) in [5.41, 5.74) is 3.53. The van der Waals surface area contributed by atoms with Crippen LogP contribution in [0.4, 0.5) is 5.69 Å². The fourth-order valence-electron chi connectivity index (χ4n) is 4.60. The number of phenols is 1. The number of piperidine rings is 1. The highest BCUT2D eigenvalue weighted by molar-refractivity contribution is 9.09. The van der Waals surface area contributed by atoms with Gasteiger partial charge in [-0.1, -0.05) is 57.5 Å². The molecule has 5 nitrogen and oxygen atoms in total. The first-order valence-electron chi connectivity index (χ1n) is 12.0. The van der Waals surface area contributed by atoms with Gasteiger partial charge in [0.1, 0.15) is 11.4 Å². The molecule has 3 rings (SSSR count). The molecule has 1 amide bonds. The van der Waals surface area contributed by atoms with Crippen molar-refractivity contribution in [2.75, 3.05) is 29.9 Å². The second kappa shape index (κ2) is 10.5. The van der Waals surface area contributed by atoms with Gasteiger partial charge in [-0.2, -0.15) is 0 Å². The number of hydrogen-bond acceptors (Lipinski definition) is 4. The van der Waals surface area contributed by atoms with Gasteiger partial charge in [0.15, 0.2) is 0 Å². The number of aromatic nitrogens is 1. The molecular weight excluding hydrogens is 498 g/mol. The highest BCUT2D eigenvalue weighted by Gasteiger charge is 2.28. The Hall–Kier alpha value is -1.34. The number of aromatic hydroxyl groups is 1. The summed E-state index contributed by atoms with van der Waals surface area (Å²) in [7, 11) is 0. The van der Waals surface area contributed by atoms with E-state index in [0.717, 1.165) is 56.5 Å². The molecule has 2 aromatic rings. The average molecular weight is 539 g/mol. The van der Waals surface area contributed by atoms with Crippen LogP contribution in [0.2, 0.25) is 0 Å². The molecule has 0 saturated carbocycles. The van der Waals surface area contributed by atoms with E-state index < -0.39 is 0 Å². The van der Waals surface area contributed by atoms with E-state index in [1.807, 2.05) is 17.8 Å². The Labute approximate surface area is 211 Å². The van der Waals surface area contributed by atoms with E-state index in [9.17, 15) is 9.90 Å². The van der Waals surface area contributed by atoms with E-state index in [1.165, 1.54) is 16.0 Å². The number of alkyl halides is 1.